The maximum atomic E-state index is 12.6. The molecule has 1 fully saturated rings. The molecule has 146 valence electrons. The molecule has 0 bridgehead atoms. The van der Waals surface area contributed by atoms with Gasteiger partial charge in [-0.2, -0.15) is 0 Å². The third kappa shape index (κ3) is 3.76. The Morgan fingerprint density at radius 1 is 1.29 bits per heavy atom. The number of aryl methyl sites for hydroxylation is 1. The van der Waals surface area contributed by atoms with Crippen molar-refractivity contribution in [3.05, 3.63) is 40.7 Å². The van der Waals surface area contributed by atoms with Crippen molar-refractivity contribution in [2.24, 2.45) is 0 Å². The van der Waals surface area contributed by atoms with Crippen molar-refractivity contribution in [3.8, 4) is 5.75 Å². The van der Waals surface area contributed by atoms with E-state index in [1.807, 2.05) is 12.1 Å². The van der Waals surface area contributed by atoms with E-state index < -0.39 is 0 Å². The summed E-state index contributed by atoms with van der Waals surface area (Å²) in [5, 5.41) is 3.65. The number of methoxy groups -OCH3 is 1. The zero-order valence-corrected chi connectivity index (χ0v) is 17.1. The molecule has 3 aromatic rings. The summed E-state index contributed by atoms with van der Waals surface area (Å²) >= 11 is 7.40. The number of amides is 1. The predicted molar refractivity (Wildman–Crippen MR) is 111 cm³/mol. The minimum atomic E-state index is -0.279. The largest absolute Gasteiger partial charge is 0.494 e. The highest BCUT2D eigenvalue weighted by atomic mass is 35.5. The minimum absolute atomic E-state index is 0.279. The smallest absolute Gasteiger partial charge is 0.257 e. The second kappa shape index (κ2) is 7.90. The number of fused-ring (bicyclic) bond motifs is 1. The molecule has 28 heavy (non-hydrogen) atoms. The van der Waals surface area contributed by atoms with Gasteiger partial charge in [-0.15, -0.1) is 0 Å². The van der Waals surface area contributed by atoms with Crippen LogP contribution in [-0.4, -0.2) is 49.3 Å². The molecule has 0 atom stereocenters. The topological polar surface area (TPSA) is 76.6 Å². The quantitative estimate of drug-likeness (QED) is 0.650. The fraction of sp³-hybridized carbons (Fsp3) is 0.316. The van der Waals surface area contributed by atoms with Crippen molar-refractivity contribution < 1.29 is 14.3 Å². The Kier molecular flexibility index (Phi) is 5.34. The summed E-state index contributed by atoms with van der Waals surface area (Å²) in [7, 11) is 1.61. The lowest BCUT2D eigenvalue weighted by Crippen LogP contribution is -2.36. The van der Waals surface area contributed by atoms with E-state index in [1.165, 1.54) is 17.4 Å². The fourth-order valence-corrected chi connectivity index (χ4v) is 4.44. The normalized spacial score (nSPS) is 14.3. The average molecular weight is 419 g/mol. The molecule has 0 saturated carbocycles. The number of anilines is 2. The molecule has 3 heterocycles. The van der Waals surface area contributed by atoms with E-state index in [-0.39, 0.29) is 11.1 Å². The van der Waals surface area contributed by atoms with Crippen LogP contribution in [0.25, 0.3) is 10.2 Å². The van der Waals surface area contributed by atoms with Crippen molar-refractivity contribution >= 4 is 49.9 Å². The number of aromatic nitrogens is 2. The van der Waals surface area contributed by atoms with Gasteiger partial charge in [-0.25, -0.2) is 9.97 Å². The lowest BCUT2D eigenvalue weighted by Gasteiger charge is -2.29. The summed E-state index contributed by atoms with van der Waals surface area (Å²) in [4.78, 5) is 23.6. The molecule has 0 spiro atoms. The number of rotatable bonds is 4. The molecule has 1 aliphatic heterocycles. The second-order valence-electron chi connectivity index (χ2n) is 6.36. The van der Waals surface area contributed by atoms with Crippen LogP contribution in [-0.2, 0) is 4.74 Å². The Morgan fingerprint density at radius 2 is 2.07 bits per heavy atom. The van der Waals surface area contributed by atoms with Crippen molar-refractivity contribution in [2.75, 3.05) is 43.6 Å². The van der Waals surface area contributed by atoms with E-state index in [9.17, 15) is 4.79 Å². The van der Waals surface area contributed by atoms with E-state index in [4.69, 9.17) is 21.1 Å². The number of pyridine rings is 1. The van der Waals surface area contributed by atoms with Gasteiger partial charge in [0.05, 0.1) is 30.7 Å². The number of morpholine rings is 1. The van der Waals surface area contributed by atoms with Crippen LogP contribution in [0.4, 0.5) is 10.8 Å². The van der Waals surface area contributed by atoms with Crippen molar-refractivity contribution in [1.82, 2.24) is 9.97 Å². The number of hydrogen-bond donors (Lipinski definition) is 1. The van der Waals surface area contributed by atoms with Gasteiger partial charge < -0.3 is 14.4 Å². The predicted octanol–water partition coefficient (Wildman–Crippen LogP) is 3.75. The van der Waals surface area contributed by atoms with Crippen LogP contribution in [0.5, 0.6) is 5.75 Å². The van der Waals surface area contributed by atoms with Crippen LogP contribution in [0, 0.1) is 6.92 Å². The van der Waals surface area contributed by atoms with Crippen LogP contribution in [0.2, 0.25) is 5.15 Å². The Balaban J connectivity index is 1.68. The third-order valence-corrected chi connectivity index (χ3v) is 5.65. The van der Waals surface area contributed by atoms with Crippen molar-refractivity contribution in [3.63, 3.8) is 0 Å². The van der Waals surface area contributed by atoms with E-state index >= 15 is 0 Å². The molecule has 2 aromatic heterocycles. The standard InChI is InChI=1S/C19H19ClN4O3S/c1-11-9-12(10-15(20)21-11)18(25)23-19-22-16-14(26-2)4-3-13(17(16)28-19)24-5-7-27-8-6-24/h3-4,9-10H,5-8H2,1-2H3,(H,22,23,25). The SMILES string of the molecule is COc1ccc(N2CCOCC2)c2sc(NC(=O)c3cc(C)nc(Cl)c3)nc12. The van der Waals surface area contributed by atoms with Crippen LogP contribution in [0.3, 0.4) is 0 Å². The van der Waals surface area contributed by atoms with Crippen LogP contribution in [0.15, 0.2) is 24.3 Å². The fourth-order valence-electron chi connectivity index (χ4n) is 3.17. The molecular weight excluding hydrogens is 400 g/mol. The summed E-state index contributed by atoms with van der Waals surface area (Å²) in [5.74, 6) is 0.393. The first kappa shape index (κ1) is 18.9. The van der Waals surface area contributed by atoms with Crippen molar-refractivity contribution in [2.45, 2.75) is 6.92 Å². The highest BCUT2D eigenvalue weighted by Crippen LogP contribution is 2.39. The van der Waals surface area contributed by atoms with Gasteiger partial charge in [0.2, 0.25) is 0 Å². The average Bonchev–Trinajstić information content (AvgIpc) is 3.10. The number of nitrogens with one attached hydrogen (secondary N) is 1. The lowest BCUT2D eigenvalue weighted by atomic mass is 10.2. The summed E-state index contributed by atoms with van der Waals surface area (Å²) < 4.78 is 11.9. The summed E-state index contributed by atoms with van der Waals surface area (Å²) in [6.45, 7) is 4.81. The molecule has 4 rings (SSSR count). The second-order valence-corrected chi connectivity index (χ2v) is 7.74. The molecular formula is C19H19ClN4O3S. The maximum Gasteiger partial charge on any atom is 0.257 e. The number of carbonyl (C=O) groups excluding carboxylic acids is 1. The molecule has 9 heteroatoms. The van der Waals surface area contributed by atoms with Crippen LogP contribution < -0.4 is 15.0 Å². The Hall–Kier alpha value is -2.42. The molecule has 1 N–H and O–H groups in total. The summed E-state index contributed by atoms with van der Waals surface area (Å²) in [5.41, 5.74) is 2.92. The highest BCUT2D eigenvalue weighted by molar-refractivity contribution is 7.23. The lowest BCUT2D eigenvalue weighted by molar-refractivity contribution is 0.102. The van der Waals surface area contributed by atoms with E-state index in [0.29, 0.717) is 35.4 Å². The van der Waals surface area contributed by atoms with Gasteiger partial charge in [-0.05, 0) is 31.2 Å². The zero-order valence-electron chi connectivity index (χ0n) is 15.5. The molecule has 1 aliphatic rings. The van der Waals surface area contributed by atoms with Gasteiger partial charge in [-0.1, -0.05) is 22.9 Å². The van der Waals surface area contributed by atoms with Gasteiger partial charge in [-0.3, -0.25) is 10.1 Å². The molecule has 1 saturated heterocycles. The number of carbonyl (C=O) groups is 1. The molecule has 1 aromatic carbocycles. The first-order chi connectivity index (χ1) is 13.5. The Labute approximate surface area is 171 Å². The Morgan fingerprint density at radius 3 is 2.79 bits per heavy atom. The van der Waals surface area contributed by atoms with E-state index in [2.05, 4.69) is 20.2 Å². The van der Waals surface area contributed by atoms with Gasteiger partial charge in [0, 0.05) is 24.3 Å². The Bertz CT molecular complexity index is 1010. The van der Waals surface area contributed by atoms with Gasteiger partial charge >= 0.3 is 0 Å². The van der Waals surface area contributed by atoms with Gasteiger partial charge in [0.1, 0.15) is 16.4 Å². The molecule has 7 nitrogen and oxygen atoms in total. The first-order valence-corrected chi connectivity index (χ1v) is 10.0. The minimum Gasteiger partial charge on any atom is -0.494 e. The van der Waals surface area contributed by atoms with Gasteiger partial charge in [0.15, 0.2) is 5.13 Å². The molecule has 0 radical (unpaired) electrons. The van der Waals surface area contributed by atoms with Crippen LogP contribution >= 0.6 is 22.9 Å². The van der Waals surface area contributed by atoms with Crippen molar-refractivity contribution in [1.29, 1.82) is 0 Å². The summed E-state index contributed by atoms with van der Waals surface area (Å²) in [6.07, 6.45) is 0. The van der Waals surface area contributed by atoms with E-state index in [1.54, 1.807) is 20.1 Å². The maximum absolute atomic E-state index is 12.6. The monoisotopic (exact) mass is 418 g/mol. The number of nitrogens with zero attached hydrogens (tertiary/aromatic N) is 3. The summed E-state index contributed by atoms with van der Waals surface area (Å²) in [6, 6.07) is 7.16. The number of ether oxygens (including phenoxy) is 2. The zero-order chi connectivity index (χ0) is 19.7. The number of halogens is 1. The number of thiazole rings is 1. The molecule has 0 aliphatic carbocycles. The van der Waals surface area contributed by atoms with Gasteiger partial charge in [0.25, 0.3) is 5.91 Å². The van der Waals surface area contributed by atoms with Crippen LogP contribution in [0.1, 0.15) is 16.1 Å². The van der Waals surface area contributed by atoms with E-state index in [0.717, 1.165) is 29.0 Å². The first-order valence-electron chi connectivity index (χ1n) is 8.81. The molecule has 1 amide bonds. The number of benzene rings is 1. The number of hydrogen-bond acceptors (Lipinski definition) is 7. The molecule has 0 unspecified atom stereocenters. The third-order valence-electron chi connectivity index (χ3n) is 4.46. The highest BCUT2D eigenvalue weighted by Gasteiger charge is 2.20.